The molecule has 0 saturated heterocycles. The van der Waals surface area contributed by atoms with Gasteiger partial charge in [-0.3, -0.25) is 0 Å². The standard InChI is InChI=1S/C15H20N2O/c1-3-4-9-17(2)15-14-8-6-5-7-13(14)12(11-18)10-16-15/h5-8,10,18H,3-4,9,11H2,1-2H3. The Labute approximate surface area is 108 Å². The molecule has 2 aromatic rings. The van der Waals surface area contributed by atoms with Crippen LogP contribution in [-0.4, -0.2) is 23.7 Å². The molecule has 0 fully saturated rings. The normalized spacial score (nSPS) is 10.8. The number of benzene rings is 1. The Bertz CT molecular complexity index is 525. The van der Waals surface area contributed by atoms with Gasteiger partial charge in [0.25, 0.3) is 0 Å². The molecule has 1 heterocycles. The van der Waals surface area contributed by atoms with Crippen LogP contribution in [0.1, 0.15) is 25.3 Å². The highest BCUT2D eigenvalue weighted by Crippen LogP contribution is 2.26. The monoisotopic (exact) mass is 244 g/mol. The minimum Gasteiger partial charge on any atom is -0.392 e. The summed E-state index contributed by atoms with van der Waals surface area (Å²) in [5.41, 5.74) is 0.887. The number of hydrogen-bond donors (Lipinski definition) is 1. The average molecular weight is 244 g/mol. The van der Waals surface area contributed by atoms with Crippen LogP contribution in [-0.2, 0) is 6.61 Å². The Kier molecular flexibility index (Phi) is 4.15. The van der Waals surface area contributed by atoms with Gasteiger partial charge in [-0.1, -0.05) is 37.6 Å². The third kappa shape index (κ3) is 2.46. The third-order valence-electron chi connectivity index (χ3n) is 3.24. The number of rotatable bonds is 5. The number of aliphatic hydroxyl groups excluding tert-OH is 1. The maximum absolute atomic E-state index is 9.35. The van der Waals surface area contributed by atoms with E-state index >= 15 is 0 Å². The van der Waals surface area contributed by atoms with E-state index in [1.165, 1.54) is 6.42 Å². The molecule has 0 aliphatic rings. The van der Waals surface area contributed by atoms with Crippen LogP contribution < -0.4 is 4.90 Å². The van der Waals surface area contributed by atoms with Crippen molar-refractivity contribution in [3.8, 4) is 0 Å². The predicted octanol–water partition coefficient (Wildman–Crippen LogP) is 2.96. The lowest BCUT2D eigenvalue weighted by Crippen LogP contribution is -2.20. The van der Waals surface area contributed by atoms with E-state index in [0.717, 1.165) is 35.1 Å². The zero-order valence-electron chi connectivity index (χ0n) is 11.1. The molecular weight excluding hydrogens is 224 g/mol. The summed E-state index contributed by atoms with van der Waals surface area (Å²) in [5.74, 6) is 0.997. The summed E-state index contributed by atoms with van der Waals surface area (Å²) in [6.07, 6.45) is 4.12. The van der Waals surface area contributed by atoms with Crippen LogP contribution in [0.15, 0.2) is 30.5 Å². The largest absolute Gasteiger partial charge is 0.392 e. The quantitative estimate of drug-likeness (QED) is 0.878. The number of anilines is 1. The van der Waals surface area contributed by atoms with Crippen LogP contribution in [0.5, 0.6) is 0 Å². The summed E-state index contributed by atoms with van der Waals surface area (Å²) in [6.45, 7) is 3.23. The molecule has 0 amide bonds. The highest BCUT2D eigenvalue weighted by atomic mass is 16.3. The van der Waals surface area contributed by atoms with Crippen LogP contribution in [0, 0.1) is 0 Å². The summed E-state index contributed by atoms with van der Waals surface area (Å²) in [7, 11) is 2.07. The van der Waals surface area contributed by atoms with E-state index in [-0.39, 0.29) is 6.61 Å². The average Bonchev–Trinajstić information content (AvgIpc) is 2.43. The summed E-state index contributed by atoms with van der Waals surface area (Å²) >= 11 is 0. The first-order chi connectivity index (χ1) is 8.77. The number of nitrogens with zero attached hydrogens (tertiary/aromatic N) is 2. The van der Waals surface area contributed by atoms with Gasteiger partial charge in [-0.2, -0.15) is 0 Å². The van der Waals surface area contributed by atoms with Gasteiger partial charge < -0.3 is 10.0 Å². The fourth-order valence-electron chi connectivity index (χ4n) is 2.17. The van der Waals surface area contributed by atoms with Crippen molar-refractivity contribution in [1.29, 1.82) is 0 Å². The Morgan fingerprint density at radius 1 is 1.22 bits per heavy atom. The van der Waals surface area contributed by atoms with Gasteiger partial charge in [0.2, 0.25) is 0 Å². The highest BCUT2D eigenvalue weighted by molar-refractivity contribution is 5.94. The van der Waals surface area contributed by atoms with E-state index in [1.807, 2.05) is 18.2 Å². The van der Waals surface area contributed by atoms with Gasteiger partial charge in [0.05, 0.1) is 6.61 Å². The first-order valence-corrected chi connectivity index (χ1v) is 6.46. The van der Waals surface area contributed by atoms with Crippen LogP contribution in [0.3, 0.4) is 0 Å². The van der Waals surface area contributed by atoms with Gasteiger partial charge in [-0.15, -0.1) is 0 Å². The lowest BCUT2D eigenvalue weighted by atomic mass is 10.1. The predicted molar refractivity (Wildman–Crippen MR) is 75.8 cm³/mol. The van der Waals surface area contributed by atoms with E-state index in [2.05, 4.69) is 29.9 Å². The Hall–Kier alpha value is -1.61. The summed E-state index contributed by atoms with van der Waals surface area (Å²) in [6, 6.07) is 8.12. The number of unbranched alkanes of at least 4 members (excludes halogenated alkanes) is 1. The van der Waals surface area contributed by atoms with E-state index in [0.29, 0.717) is 0 Å². The van der Waals surface area contributed by atoms with Crippen molar-refractivity contribution in [2.24, 2.45) is 0 Å². The molecule has 0 aliphatic carbocycles. The van der Waals surface area contributed by atoms with Gasteiger partial charge in [0.15, 0.2) is 0 Å². The van der Waals surface area contributed by atoms with Crippen molar-refractivity contribution < 1.29 is 5.11 Å². The summed E-state index contributed by atoms with van der Waals surface area (Å²) < 4.78 is 0. The number of aromatic nitrogens is 1. The molecular formula is C15H20N2O. The number of hydrogen-bond acceptors (Lipinski definition) is 3. The fourth-order valence-corrected chi connectivity index (χ4v) is 2.17. The topological polar surface area (TPSA) is 36.4 Å². The van der Waals surface area contributed by atoms with Gasteiger partial charge in [-0.25, -0.2) is 4.98 Å². The van der Waals surface area contributed by atoms with Gasteiger partial charge in [0, 0.05) is 30.7 Å². The molecule has 2 rings (SSSR count). The molecule has 1 aromatic heterocycles. The van der Waals surface area contributed by atoms with Crippen molar-refractivity contribution in [2.75, 3.05) is 18.5 Å². The summed E-state index contributed by atoms with van der Waals surface area (Å²) in [5, 5.41) is 11.6. The second-order valence-electron chi connectivity index (χ2n) is 4.59. The fraction of sp³-hybridized carbons (Fsp3) is 0.400. The Morgan fingerprint density at radius 3 is 2.61 bits per heavy atom. The van der Waals surface area contributed by atoms with Crippen molar-refractivity contribution in [2.45, 2.75) is 26.4 Å². The van der Waals surface area contributed by atoms with E-state index in [1.54, 1.807) is 6.20 Å². The second kappa shape index (κ2) is 5.83. The maximum Gasteiger partial charge on any atom is 0.136 e. The number of pyridine rings is 1. The first kappa shape index (κ1) is 12.8. The lowest BCUT2D eigenvalue weighted by molar-refractivity contribution is 0.283. The van der Waals surface area contributed by atoms with Crippen LogP contribution in [0.25, 0.3) is 10.8 Å². The minimum atomic E-state index is 0.0342. The van der Waals surface area contributed by atoms with Crippen LogP contribution in [0.4, 0.5) is 5.82 Å². The Morgan fingerprint density at radius 2 is 1.94 bits per heavy atom. The highest BCUT2D eigenvalue weighted by Gasteiger charge is 2.09. The molecule has 3 heteroatoms. The smallest absolute Gasteiger partial charge is 0.136 e. The molecule has 96 valence electrons. The van der Waals surface area contributed by atoms with Gasteiger partial charge in [-0.05, 0) is 11.8 Å². The zero-order valence-corrected chi connectivity index (χ0v) is 11.1. The molecule has 0 spiro atoms. The molecule has 0 bridgehead atoms. The van der Waals surface area contributed by atoms with Crippen molar-refractivity contribution >= 4 is 16.6 Å². The molecule has 0 unspecified atom stereocenters. The Balaban J connectivity index is 2.45. The minimum absolute atomic E-state index is 0.0342. The van der Waals surface area contributed by atoms with E-state index in [4.69, 9.17) is 0 Å². The second-order valence-corrected chi connectivity index (χ2v) is 4.59. The number of fused-ring (bicyclic) bond motifs is 1. The molecule has 0 atom stereocenters. The zero-order chi connectivity index (χ0) is 13.0. The van der Waals surface area contributed by atoms with E-state index in [9.17, 15) is 5.11 Å². The third-order valence-corrected chi connectivity index (χ3v) is 3.24. The molecule has 0 saturated carbocycles. The van der Waals surface area contributed by atoms with Gasteiger partial charge >= 0.3 is 0 Å². The lowest BCUT2D eigenvalue weighted by Gasteiger charge is -2.20. The summed E-state index contributed by atoms with van der Waals surface area (Å²) in [4.78, 5) is 6.68. The SMILES string of the molecule is CCCCN(C)c1ncc(CO)c2ccccc12. The van der Waals surface area contributed by atoms with Crippen molar-refractivity contribution in [3.05, 3.63) is 36.0 Å². The molecule has 0 aliphatic heterocycles. The van der Waals surface area contributed by atoms with Crippen molar-refractivity contribution in [3.63, 3.8) is 0 Å². The van der Waals surface area contributed by atoms with Crippen LogP contribution in [0.2, 0.25) is 0 Å². The van der Waals surface area contributed by atoms with Gasteiger partial charge in [0.1, 0.15) is 5.82 Å². The van der Waals surface area contributed by atoms with Crippen molar-refractivity contribution in [1.82, 2.24) is 4.98 Å². The first-order valence-electron chi connectivity index (χ1n) is 6.46. The number of aliphatic hydroxyl groups is 1. The molecule has 3 nitrogen and oxygen atoms in total. The maximum atomic E-state index is 9.35. The van der Waals surface area contributed by atoms with Crippen LogP contribution >= 0.6 is 0 Å². The molecule has 18 heavy (non-hydrogen) atoms. The molecule has 1 N–H and O–H groups in total. The molecule has 0 radical (unpaired) electrons. The van der Waals surface area contributed by atoms with E-state index < -0.39 is 0 Å². The molecule has 1 aromatic carbocycles.